The lowest BCUT2D eigenvalue weighted by molar-refractivity contribution is -0.122. The van der Waals surface area contributed by atoms with Crippen molar-refractivity contribution in [2.45, 2.75) is 25.4 Å². The van der Waals surface area contributed by atoms with Crippen LogP contribution in [0.5, 0.6) is 5.75 Å². The second-order valence-electron chi connectivity index (χ2n) is 8.91. The molecule has 5 rings (SSSR count). The van der Waals surface area contributed by atoms with Gasteiger partial charge in [-0.3, -0.25) is 4.79 Å². The number of hydrazone groups is 1. The van der Waals surface area contributed by atoms with E-state index in [2.05, 4.69) is 47.4 Å². The van der Waals surface area contributed by atoms with E-state index >= 15 is 0 Å². The molecule has 1 N–H and O–H groups in total. The van der Waals surface area contributed by atoms with Crippen molar-refractivity contribution in [2.75, 3.05) is 43.6 Å². The molecule has 0 aromatic heterocycles. The largest absolute Gasteiger partial charge is 0.483 e. The molecular formula is C23H26FN5O2. The van der Waals surface area contributed by atoms with E-state index in [9.17, 15) is 9.18 Å². The molecule has 3 aliphatic rings. The first-order valence-electron chi connectivity index (χ1n) is 10.4. The molecule has 0 aliphatic carbocycles. The van der Waals surface area contributed by atoms with Crippen LogP contribution in [-0.2, 0) is 4.79 Å². The fourth-order valence-corrected chi connectivity index (χ4v) is 4.82. The van der Waals surface area contributed by atoms with Gasteiger partial charge in [-0.15, -0.1) is 0 Å². The minimum Gasteiger partial charge on any atom is -0.483 e. The molecule has 8 heteroatoms. The lowest BCUT2D eigenvalue weighted by Gasteiger charge is -2.53. The number of likely N-dealkylation sites (tertiary alicyclic amines) is 1. The molecule has 2 aromatic rings. The van der Waals surface area contributed by atoms with Crippen LogP contribution in [0.4, 0.5) is 15.8 Å². The van der Waals surface area contributed by atoms with Crippen molar-refractivity contribution in [3.63, 3.8) is 0 Å². The molecule has 3 heterocycles. The summed E-state index contributed by atoms with van der Waals surface area (Å²) in [5.74, 6) is 0.946. The highest BCUT2D eigenvalue weighted by molar-refractivity contribution is 6.10. The van der Waals surface area contributed by atoms with Gasteiger partial charge in [-0.25, -0.2) is 9.82 Å². The summed E-state index contributed by atoms with van der Waals surface area (Å²) in [6.45, 7) is 6.25. The van der Waals surface area contributed by atoms with Gasteiger partial charge in [0, 0.05) is 31.4 Å². The van der Waals surface area contributed by atoms with E-state index in [0.717, 1.165) is 35.6 Å². The molecular weight excluding hydrogens is 397 g/mol. The minimum atomic E-state index is -0.393. The second-order valence-corrected chi connectivity index (χ2v) is 8.91. The number of ether oxygens (including phenoxy) is 1. The Hall–Kier alpha value is -3.13. The molecule has 0 radical (unpaired) electrons. The van der Waals surface area contributed by atoms with Crippen LogP contribution in [-0.4, -0.2) is 62.0 Å². The number of likely N-dealkylation sites (N-methyl/N-ethyl adjacent to an activating group) is 2. The third kappa shape index (κ3) is 3.13. The summed E-state index contributed by atoms with van der Waals surface area (Å²) in [5.41, 5.74) is 6.23. The van der Waals surface area contributed by atoms with Crippen LogP contribution in [0.25, 0.3) is 11.1 Å². The Kier molecular flexibility index (Phi) is 4.44. The number of nitrogens with zero attached hydrogens (tertiary/aromatic N) is 4. The van der Waals surface area contributed by atoms with E-state index in [1.54, 1.807) is 12.1 Å². The van der Waals surface area contributed by atoms with Crippen molar-refractivity contribution in [1.82, 2.24) is 10.3 Å². The zero-order valence-electron chi connectivity index (χ0n) is 18.1. The van der Waals surface area contributed by atoms with Gasteiger partial charge in [0.2, 0.25) is 0 Å². The molecule has 0 spiro atoms. The van der Waals surface area contributed by atoms with Gasteiger partial charge in [-0.1, -0.05) is 12.1 Å². The van der Waals surface area contributed by atoms with Crippen LogP contribution in [0.1, 0.15) is 13.8 Å². The summed E-state index contributed by atoms with van der Waals surface area (Å²) < 4.78 is 19.6. The van der Waals surface area contributed by atoms with Crippen LogP contribution in [0.15, 0.2) is 41.5 Å². The smallest absolute Gasteiger partial charge is 0.262 e. The lowest BCUT2D eigenvalue weighted by atomic mass is 9.89. The van der Waals surface area contributed by atoms with E-state index in [0.29, 0.717) is 11.6 Å². The first kappa shape index (κ1) is 19.8. The molecule has 0 bridgehead atoms. The van der Waals surface area contributed by atoms with Gasteiger partial charge in [0.05, 0.1) is 11.2 Å². The SMILES string of the molecule is CC1C(=O)NN=C2COc3cc(-c4ccc(F)cc4)c(N(C)C4(C)CN(C)C4)cc3N21. The third-order valence-electron chi connectivity index (χ3n) is 6.58. The summed E-state index contributed by atoms with van der Waals surface area (Å²) in [5, 5.41) is 4.19. The van der Waals surface area contributed by atoms with Gasteiger partial charge in [-0.2, -0.15) is 5.10 Å². The molecule has 2 aromatic carbocycles. The average Bonchev–Trinajstić information content (AvgIpc) is 2.74. The van der Waals surface area contributed by atoms with E-state index in [1.165, 1.54) is 12.1 Å². The van der Waals surface area contributed by atoms with E-state index in [1.807, 2.05) is 17.9 Å². The number of fused-ring (bicyclic) bond motifs is 3. The number of carbonyl (C=O) groups is 1. The Bertz CT molecular complexity index is 1080. The zero-order chi connectivity index (χ0) is 21.9. The van der Waals surface area contributed by atoms with Crippen LogP contribution < -0.4 is 20.0 Å². The molecule has 0 saturated carbocycles. The number of amides is 1. The minimum absolute atomic E-state index is 0.0326. The number of nitrogens with one attached hydrogen (secondary N) is 1. The van der Waals surface area contributed by atoms with Gasteiger partial charge in [-0.05, 0) is 50.7 Å². The first-order valence-corrected chi connectivity index (χ1v) is 10.4. The Morgan fingerprint density at radius 2 is 1.97 bits per heavy atom. The summed E-state index contributed by atoms with van der Waals surface area (Å²) in [6.07, 6.45) is 0. The van der Waals surface area contributed by atoms with Crippen LogP contribution in [0, 0.1) is 5.82 Å². The molecule has 1 saturated heterocycles. The van der Waals surface area contributed by atoms with Crippen molar-refractivity contribution >= 4 is 23.1 Å². The van der Waals surface area contributed by atoms with Gasteiger partial charge in [0.1, 0.15) is 24.2 Å². The maximum Gasteiger partial charge on any atom is 0.262 e. The monoisotopic (exact) mass is 423 g/mol. The van der Waals surface area contributed by atoms with Crippen LogP contribution in [0.3, 0.4) is 0 Å². The van der Waals surface area contributed by atoms with Crippen molar-refractivity contribution < 1.29 is 13.9 Å². The standard InChI is InChI=1S/C23H26FN5O2/c1-14-22(30)26-25-21-11-31-20-9-17(15-5-7-16(24)8-6-15)18(10-19(20)29(14)21)28(4)23(2)12-27(3)13-23/h5-10,14H,11-13H2,1-4H3,(H,26,30). The number of carbonyl (C=O) groups excluding carboxylic acids is 1. The highest BCUT2D eigenvalue weighted by atomic mass is 19.1. The molecule has 31 heavy (non-hydrogen) atoms. The number of halogens is 1. The molecule has 7 nitrogen and oxygen atoms in total. The molecule has 162 valence electrons. The maximum atomic E-state index is 13.6. The van der Waals surface area contributed by atoms with Crippen molar-refractivity contribution in [1.29, 1.82) is 0 Å². The maximum absolute atomic E-state index is 13.6. The summed E-state index contributed by atoms with van der Waals surface area (Å²) >= 11 is 0. The second kappa shape index (κ2) is 6.95. The molecule has 1 amide bonds. The fourth-order valence-electron chi connectivity index (χ4n) is 4.82. The van der Waals surface area contributed by atoms with E-state index in [4.69, 9.17) is 4.74 Å². The predicted molar refractivity (Wildman–Crippen MR) is 119 cm³/mol. The number of benzene rings is 2. The molecule has 1 fully saturated rings. The predicted octanol–water partition coefficient (Wildman–Crippen LogP) is 2.66. The number of hydrogen-bond acceptors (Lipinski definition) is 6. The quantitative estimate of drug-likeness (QED) is 0.823. The van der Waals surface area contributed by atoms with Gasteiger partial charge < -0.3 is 19.4 Å². The summed E-state index contributed by atoms with van der Waals surface area (Å²) in [7, 11) is 4.20. The van der Waals surface area contributed by atoms with E-state index < -0.39 is 6.04 Å². The molecule has 3 aliphatic heterocycles. The van der Waals surface area contributed by atoms with Crippen molar-refractivity contribution in [3.8, 4) is 16.9 Å². The Morgan fingerprint density at radius 3 is 2.65 bits per heavy atom. The highest BCUT2D eigenvalue weighted by Crippen LogP contribution is 2.45. The first-order chi connectivity index (χ1) is 14.8. The van der Waals surface area contributed by atoms with Gasteiger partial charge in [0.25, 0.3) is 5.91 Å². The van der Waals surface area contributed by atoms with Crippen molar-refractivity contribution in [3.05, 3.63) is 42.2 Å². The number of rotatable bonds is 3. The van der Waals surface area contributed by atoms with E-state index in [-0.39, 0.29) is 23.9 Å². The van der Waals surface area contributed by atoms with Crippen LogP contribution >= 0.6 is 0 Å². The highest BCUT2D eigenvalue weighted by Gasteiger charge is 2.42. The normalized spacial score (nSPS) is 21.8. The zero-order valence-corrected chi connectivity index (χ0v) is 18.1. The Morgan fingerprint density at radius 1 is 1.26 bits per heavy atom. The van der Waals surface area contributed by atoms with Gasteiger partial charge in [0.15, 0.2) is 5.84 Å². The summed E-state index contributed by atoms with van der Waals surface area (Å²) in [4.78, 5) is 18.8. The topological polar surface area (TPSA) is 60.4 Å². The Labute approximate surface area is 181 Å². The molecule has 1 unspecified atom stereocenters. The lowest BCUT2D eigenvalue weighted by Crippen LogP contribution is -2.66. The van der Waals surface area contributed by atoms with Crippen molar-refractivity contribution in [2.24, 2.45) is 5.10 Å². The Balaban J connectivity index is 1.67. The fraction of sp³-hybridized carbons (Fsp3) is 0.391. The third-order valence-corrected chi connectivity index (χ3v) is 6.58. The number of amidine groups is 1. The summed E-state index contributed by atoms with van der Waals surface area (Å²) in [6, 6.07) is 10.2. The number of anilines is 2. The average molecular weight is 423 g/mol. The molecule has 1 atom stereocenters. The van der Waals surface area contributed by atoms with Gasteiger partial charge >= 0.3 is 0 Å². The van der Waals surface area contributed by atoms with Crippen LogP contribution in [0.2, 0.25) is 0 Å². The number of hydrogen-bond donors (Lipinski definition) is 1.